The molecular formula is C20H27FN4O3. The van der Waals surface area contributed by atoms with E-state index in [0.717, 1.165) is 13.0 Å². The normalized spacial score (nSPS) is 16.7. The summed E-state index contributed by atoms with van der Waals surface area (Å²) in [5, 5.41) is 4.09. The van der Waals surface area contributed by atoms with E-state index >= 15 is 0 Å². The number of likely N-dealkylation sites (tertiary alicyclic amines) is 1. The molecule has 2 aromatic rings. The number of benzene rings is 1. The maximum Gasteiger partial charge on any atom is 0.261 e. The number of ether oxygens (including phenoxy) is 1. The first-order valence-corrected chi connectivity index (χ1v) is 9.26. The maximum atomic E-state index is 13.8. The summed E-state index contributed by atoms with van der Waals surface area (Å²) in [6.45, 7) is 2.33. The second kappa shape index (κ2) is 8.18. The molecule has 0 bridgehead atoms. The molecule has 1 aliphatic rings. The number of carbonyl (C=O) groups is 1. The number of carbonyl (C=O) groups excluding carboxylic acids is 1. The highest BCUT2D eigenvalue weighted by molar-refractivity contribution is 6.04. The minimum absolute atomic E-state index is 0.0888. The lowest BCUT2D eigenvalue weighted by molar-refractivity contribution is 0.0786. The lowest BCUT2D eigenvalue weighted by atomic mass is 10.1. The third-order valence-electron chi connectivity index (χ3n) is 4.92. The standard InChI is InChI=1S/C20H27FN4O3/c1-23(2)11-13-8-9-25(12-13)20(26)17-18(28-22-19(17)24(3)4)14-6-7-15(21)16(10-14)27-5/h6-7,10,13H,8-9,11-12H2,1-5H3. The van der Waals surface area contributed by atoms with E-state index in [-0.39, 0.29) is 11.7 Å². The molecule has 1 unspecified atom stereocenters. The highest BCUT2D eigenvalue weighted by Gasteiger charge is 2.33. The van der Waals surface area contributed by atoms with Crippen molar-refractivity contribution in [2.45, 2.75) is 6.42 Å². The molecule has 0 aliphatic carbocycles. The molecule has 3 rings (SSSR count). The Morgan fingerprint density at radius 3 is 2.75 bits per heavy atom. The van der Waals surface area contributed by atoms with Gasteiger partial charge in [0.25, 0.3) is 5.91 Å². The average Bonchev–Trinajstić information content (AvgIpc) is 3.28. The van der Waals surface area contributed by atoms with Crippen LogP contribution in [0.2, 0.25) is 0 Å². The van der Waals surface area contributed by atoms with Crippen LogP contribution in [0.1, 0.15) is 16.8 Å². The molecule has 8 heteroatoms. The number of amides is 1. The van der Waals surface area contributed by atoms with E-state index in [4.69, 9.17) is 9.26 Å². The van der Waals surface area contributed by atoms with Crippen LogP contribution in [0.25, 0.3) is 11.3 Å². The first kappa shape index (κ1) is 20.1. The van der Waals surface area contributed by atoms with Crippen molar-refractivity contribution in [2.75, 3.05) is 59.8 Å². The zero-order valence-corrected chi connectivity index (χ0v) is 17.0. The van der Waals surface area contributed by atoms with Crippen molar-refractivity contribution in [1.82, 2.24) is 15.0 Å². The molecule has 1 fully saturated rings. The quantitative estimate of drug-likeness (QED) is 0.756. The van der Waals surface area contributed by atoms with Crippen LogP contribution in [0, 0.1) is 11.7 Å². The third kappa shape index (κ3) is 3.96. The van der Waals surface area contributed by atoms with E-state index in [1.165, 1.54) is 19.2 Å². The highest BCUT2D eigenvalue weighted by Crippen LogP contribution is 2.35. The van der Waals surface area contributed by atoms with Gasteiger partial charge in [0.1, 0.15) is 5.56 Å². The Morgan fingerprint density at radius 2 is 2.11 bits per heavy atom. The number of halogens is 1. The first-order chi connectivity index (χ1) is 13.3. The van der Waals surface area contributed by atoms with Gasteiger partial charge < -0.3 is 24.0 Å². The van der Waals surface area contributed by atoms with Crippen LogP contribution in [0.15, 0.2) is 22.7 Å². The molecule has 152 valence electrons. The zero-order chi connectivity index (χ0) is 20.4. The molecule has 1 aliphatic heterocycles. The number of aromatic nitrogens is 1. The van der Waals surface area contributed by atoms with Gasteiger partial charge in [0, 0.05) is 39.3 Å². The van der Waals surface area contributed by atoms with Crippen LogP contribution in [-0.4, -0.2) is 75.8 Å². The van der Waals surface area contributed by atoms with Crippen molar-refractivity contribution >= 4 is 11.7 Å². The van der Waals surface area contributed by atoms with Gasteiger partial charge in [-0.2, -0.15) is 0 Å². The largest absolute Gasteiger partial charge is 0.494 e. The van der Waals surface area contributed by atoms with E-state index in [9.17, 15) is 9.18 Å². The van der Waals surface area contributed by atoms with E-state index in [0.29, 0.717) is 41.7 Å². The summed E-state index contributed by atoms with van der Waals surface area (Å²) in [7, 11) is 9.09. The van der Waals surface area contributed by atoms with Gasteiger partial charge in [-0.25, -0.2) is 4.39 Å². The molecule has 28 heavy (non-hydrogen) atoms. The number of rotatable bonds is 6. The van der Waals surface area contributed by atoms with Gasteiger partial charge >= 0.3 is 0 Å². The van der Waals surface area contributed by atoms with Crippen LogP contribution < -0.4 is 9.64 Å². The summed E-state index contributed by atoms with van der Waals surface area (Å²) < 4.78 is 24.4. The van der Waals surface area contributed by atoms with E-state index < -0.39 is 5.82 Å². The summed E-state index contributed by atoms with van der Waals surface area (Å²) in [6, 6.07) is 4.38. The van der Waals surface area contributed by atoms with E-state index in [1.807, 2.05) is 33.1 Å². The molecular weight excluding hydrogens is 363 g/mol. The molecule has 1 amide bonds. The minimum atomic E-state index is -0.474. The van der Waals surface area contributed by atoms with Crippen molar-refractivity contribution < 1.29 is 18.4 Å². The smallest absolute Gasteiger partial charge is 0.261 e. The Bertz CT molecular complexity index is 850. The van der Waals surface area contributed by atoms with Crippen molar-refractivity contribution in [3.8, 4) is 17.1 Å². The maximum absolute atomic E-state index is 13.8. The molecule has 1 atom stereocenters. The Hall–Kier alpha value is -2.61. The molecule has 1 aromatic carbocycles. The lowest BCUT2D eigenvalue weighted by Gasteiger charge is -2.20. The third-order valence-corrected chi connectivity index (χ3v) is 4.92. The first-order valence-electron chi connectivity index (χ1n) is 9.26. The molecule has 1 saturated heterocycles. The summed E-state index contributed by atoms with van der Waals surface area (Å²) in [6.07, 6.45) is 0.964. The minimum Gasteiger partial charge on any atom is -0.494 e. The zero-order valence-electron chi connectivity index (χ0n) is 17.0. The van der Waals surface area contributed by atoms with Crippen LogP contribution in [0.5, 0.6) is 5.75 Å². The molecule has 1 aromatic heterocycles. The number of nitrogens with zero attached hydrogens (tertiary/aromatic N) is 4. The Balaban J connectivity index is 1.96. The number of anilines is 1. The van der Waals surface area contributed by atoms with Crippen molar-refractivity contribution in [2.24, 2.45) is 5.92 Å². The molecule has 0 spiro atoms. The Labute approximate surface area is 164 Å². The summed E-state index contributed by atoms with van der Waals surface area (Å²) in [5.41, 5.74) is 0.940. The fourth-order valence-corrected chi connectivity index (χ4v) is 3.62. The molecule has 0 radical (unpaired) electrons. The van der Waals surface area contributed by atoms with Crippen LogP contribution in [-0.2, 0) is 0 Å². The monoisotopic (exact) mass is 390 g/mol. The van der Waals surface area contributed by atoms with Crippen LogP contribution in [0.4, 0.5) is 10.2 Å². The van der Waals surface area contributed by atoms with Gasteiger partial charge in [0.2, 0.25) is 0 Å². The summed E-state index contributed by atoms with van der Waals surface area (Å²) >= 11 is 0. The number of hydrogen-bond acceptors (Lipinski definition) is 6. The molecule has 0 saturated carbocycles. The predicted molar refractivity (Wildman–Crippen MR) is 105 cm³/mol. The van der Waals surface area contributed by atoms with Gasteiger partial charge in [-0.15, -0.1) is 0 Å². The fraction of sp³-hybridized carbons (Fsp3) is 0.500. The topological polar surface area (TPSA) is 62.1 Å². The van der Waals surface area contributed by atoms with Gasteiger partial charge in [-0.05, 0) is 44.6 Å². The highest BCUT2D eigenvalue weighted by atomic mass is 19.1. The fourth-order valence-electron chi connectivity index (χ4n) is 3.62. The van der Waals surface area contributed by atoms with E-state index in [2.05, 4.69) is 10.1 Å². The summed E-state index contributed by atoms with van der Waals surface area (Å²) in [4.78, 5) is 19.1. The van der Waals surface area contributed by atoms with Crippen LogP contribution >= 0.6 is 0 Å². The Morgan fingerprint density at radius 1 is 1.36 bits per heavy atom. The number of hydrogen-bond donors (Lipinski definition) is 0. The van der Waals surface area contributed by atoms with Gasteiger partial charge in [0.15, 0.2) is 23.1 Å². The van der Waals surface area contributed by atoms with Gasteiger partial charge in [-0.1, -0.05) is 5.16 Å². The molecule has 7 nitrogen and oxygen atoms in total. The molecule has 0 N–H and O–H groups in total. The van der Waals surface area contributed by atoms with Crippen molar-refractivity contribution in [3.63, 3.8) is 0 Å². The SMILES string of the molecule is COc1cc(-c2onc(N(C)C)c2C(=O)N2CCC(CN(C)C)C2)ccc1F. The predicted octanol–water partition coefficient (Wildman–Crippen LogP) is 2.58. The van der Waals surface area contributed by atoms with Crippen molar-refractivity contribution in [1.29, 1.82) is 0 Å². The lowest BCUT2D eigenvalue weighted by Crippen LogP contribution is -2.31. The van der Waals surface area contributed by atoms with Gasteiger partial charge in [0.05, 0.1) is 7.11 Å². The number of methoxy groups -OCH3 is 1. The second-order valence-electron chi connectivity index (χ2n) is 7.62. The summed E-state index contributed by atoms with van der Waals surface area (Å²) in [5.74, 6) is 0.714. The van der Waals surface area contributed by atoms with E-state index in [1.54, 1.807) is 11.0 Å². The molecule has 2 heterocycles. The van der Waals surface area contributed by atoms with Crippen molar-refractivity contribution in [3.05, 3.63) is 29.6 Å². The Kier molecular flexibility index (Phi) is 5.88. The van der Waals surface area contributed by atoms with Gasteiger partial charge in [-0.3, -0.25) is 4.79 Å². The second-order valence-corrected chi connectivity index (χ2v) is 7.62. The average molecular weight is 390 g/mol. The van der Waals surface area contributed by atoms with Crippen LogP contribution in [0.3, 0.4) is 0 Å².